The molecule has 0 saturated carbocycles. The lowest BCUT2D eigenvalue weighted by atomic mass is 9.99. The van der Waals surface area contributed by atoms with E-state index in [2.05, 4.69) is 28.1 Å². The number of amides is 1. The SMILES string of the molecule is C=CC(=CC=C(C)c1nnn(C)n1)c1ccc2c(c1)CC1C(COC(=O)C(C)CC)OC(=O)N21. The number of carbonyl (C=O) groups is 2. The van der Waals surface area contributed by atoms with E-state index in [1.165, 1.54) is 4.80 Å². The molecular weight excluding hydrogens is 434 g/mol. The van der Waals surface area contributed by atoms with Gasteiger partial charge >= 0.3 is 12.1 Å². The average Bonchev–Trinajstić information content (AvgIpc) is 3.51. The van der Waals surface area contributed by atoms with Crippen molar-refractivity contribution in [3.8, 4) is 0 Å². The first kappa shape index (κ1) is 23.4. The van der Waals surface area contributed by atoms with Crippen molar-refractivity contribution in [2.45, 2.75) is 45.8 Å². The van der Waals surface area contributed by atoms with Crippen molar-refractivity contribution >= 4 is 28.9 Å². The molecule has 0 N–H and O–H groups in total. The van der Waals surface area contributed by atoms with Gasteiger partial charge in [0.25, 0.3) is 0 Å². The monoisotopic (exact) mass is 463 g/mol. The average molecular weight is 464 g/mol. The normalized spacial score (nSPS) is 20.6. The summed E-state index contributed by atoms with van der Waals surface area (Å²) in [4.78, 5) is 27.7. The molecular formula is C25H29N5O4. The second kappa shape index (κ2) is 9.62. The molecule has 2 aliphatic heterocycles. The molecule has 3 atom stereocenters. The second-order valence-electron chi connectivity index (χ2n) is 8.62. The fraction of sp³-hybridized carbons (Fsp3) is 0.400. The Kier molecular flexibility index (Phi) is 6.63. The highest BCUT2D eigenvalue weighted by Gasteiger charge is 2.48. The van der Waals surface area contributed by atoms with Gasteiger partial charge in [-0.15, -0.1) is 10.2 Å². The molecule has 9 heteroatoms. The van der Waals surface area contributed by atoms with Crippen molar-refractivity contribution in [3.05, 3.63) is 60.0 Å². The minimum atomic E-state index is -0.490. The van der Waals surface area contributed by atoms with Gasteiger partial charge < -0.3 is 9.47 Å². The van der Waals surface area contributed by atoms with Gasteiger partial charge in [-0.3, -0.25) is 9.69 Å². The van der Waals surface area contributed by atoms with Crippen LogP contribution in [0.4, 0.5) is 10.5 Å². The van der Waals surface area contributed by atoms with Crippen LogP contribution in [0.3, 0.4) is 0 Å². The number of benzene rings is 1. The molecule has 1 amide bonds. The second-order valence-corrected chi connectivity index (χ2v) is 8.62. The van der Waals surface area contributed by atoms with E-state index < -0.39 is 12.2 Å². The third-order valence-electron chi connectivity index (χ3n) is 6.31. The largest absolute Gasteiger partial charge is 0.461 e. The van der Waals surface area contributed by atoms with Gasteiger partial charge in [0.05, 0.1) is 24.7 Å². The Labute approximate surface area is 198 Å². The number of hydrogen-bond acceptors (Lipinski definition) is 7. The van der Waals surface area contributed by atoms with Gasteiger partial charge in [-0.2, -0.15) is 4.80 Å². The lowest BCUT2D eigenvalue weighted by molar-refractivity contribution is -0.150. The molecule has 0 aliphatic carbocycles. The van der Waals surface area contributed by atoms with Crippen LogP contribution in [0.15, 0.2) is 43.0 Å². The number of fused-ring (bicyclic) bond motifs is 3. The number of tetrazole rings is 1. The Bertz CT molecular complexity index is 1180. The summed E-state index contributed by atoms with van der Waals surface area (Å²) in [6, 6.07) is 5.77. The highest BCUT2D eigenvalue weighted by atomic mass is 16.6. The van der Waals surface area contributed by atoms with E-state index in [1.807, 2.05) is 45.1 Å². The van der Waals surface area contributed by atoms with Crippen molar-refractivity contribution in [1.29, 1.82) is 0 Å². The zero-order valence-corrected chi connectivity index (χ0v) is 19.9. The number of rotatable bonds is 8. The zero-order chi connectivity index (χ0) is 24.4. The summed E-state index contributed by atoms with van der Waals surface area (Å²) < 4.78 is 10.9. The number of nitrogens with zero attached hydrogens (tertiary/aromatic N) is 5. The lowest BCUT2D eigenvalue weighted by Gasteiger charge is -2.17. The third kappa shape index (κ3) is 4.50. The van der Waals surface area contributed by atoms with Crippen LogP contribution in [-0.4, -0.2) is 51.0 Å². The number of ether oxygens (including phenoxy) is 2. The van der Waals surface area contributed by atoms with E-state index in [0.717, 1.165) is 28.0 Å². The molecule has 34 heavy (non-hydrogen) atoms. The van der Waals surface area contributed by atoms with Crippen LogP contribution in [0.1, 0.15) is 44.1 Å². The first-order valence-electron chi connectivity index (χ1n) is 11.4. The van der Waals surface area contributed by atoms with Gasteiger partial charge in [0, 0.05) is 0 Å². The summed E-state index contributed by atoms with van der Waals surface area (Å²) in [7, 11) is 1.72. The molecule has 1 aromatic heterocycles. The fourth-order valence-electron chi connectivity index (χ4n) is 4.09. The van der Waals surface area contributed by atoms with E-state index >= 15 is 0 Å². The Morgan fingerprint density at radius 3 is 2.85 bits per heavy atom. The summed E-state index contributed by atoms with van der Waals surface area (Å²) in [5.74, 6) is 0.119. The summed E-state index contributed by atoms with van der Waals surface area (Å²) in [5, 5.41) is 12.1. The van der Waals surface area contributed by atoms with Gasteiger partial charge in [-0.05, 0) is 59.4 Å². The van der Waals surface area contributed by atoms with Crippen molar-refractivity contribution in [2.24, 2.45) is 13.0 Å². The lowest BCUT2D eigenvalue weighted by Crippen LogP contribution is -2.36. The number of aryl methyl sites for hydroxylation is 1. The minimum absolute atomic E-state index is 0.0647. The molecule has 1 fully saturated rings. The van der Waals surface area contributed by atoms with Gasteiger partial charge in [-0.25, -0.2) is 4.79 Å². The van der Waals surface area contributed by atoms with Gasteiger partial charge in [0.1, 0.15) is 6.61 Å². The maximum atomic E-state index is 12.6. The van der Waals surface area contributed by atoms with Crippen LogP contribution < -0.4 is 4.90 Å². The molecule has 0 spiro atoms. The Morgan fingerprint density at radius 2 is 2.18 bits per heavy atom. The number of anilines is 1. The van der Waals surface area contributed by atoms with Crippen LogP contribution in [0.2, 0.25) is 0 Å². The Morgan fingerprint density at radius 1 is 1.38 bits per heavy atom. The number of cyclic esters (lactones) is 1. The smallest absolute Gasteiger partial charge is 0.415 e. The van der Waals surface area contributed by atoms with Crippen molar-refractivity contribution in [3.63, 3.8) is 0 Å². The first-order valence-corrected chi connectivity index (χ1v) is 11.4. The molecule has 2 aromatic rings. The number of aromatic nitrogens is 4. The summed E-state index contributed by atoms with van der Waals surface area (Å²) in [6.07, 6.45) is 6.11. The van der Waals surface area contributed by atoms with Gasteiger partial charge in [0.15, 0.2) is 6.10 Å². The summed E-state index contributed by atoms with van der Waals surface area (Å²) in [5.41, 5.74) is 4.67. The van der Waals surface area contributed by atoms with E-state index in [-0.39, 0.29) is 24.5 Å². The fourth-order valence-corrected chi connectivity index (χ4v) is 4.09. The predicted octanol–water partition coefficient (Wildman–Crippen LogP) is 3.72. The first-order chi connectivity index (χ1) is 16.3. The molecule has 3 unspecified atom stereocenters. The summed E-state index contributed by atoms with van der Waals surface area (Å²) in [6.45, 7) is 9.70. The van der Waals surface area contributed by atoms with E-state index in [0.29, 0.717) is 18.7 Å². The van der Waals surface area contributed by atoms with Crippen molar-refractivity contribution in [2.75, 3.05) is 11.5 Å². The maximum absolute atomic E-state index is 12.6. The molecule has 178 valence electrons. The maximum Gasteiger partial charge on any atom is 0.415 e. The van der Waals surface area contributed by atoms with Crippen LogP contribution in [-0.2, 0) is 27.7 Å². The van der Waals surface area contributed by atoms with Crippen molar-refractivity contribution in [1.82, 2.24) is 20.2 Å². The standard InChI is InChI=1S/C25H29N5O4/c1-6-15(3)24(31)33-14-22-21-13-19-12-18(10-11-20(19)30(21)25(32)34-22)17(7-2)9-8-16(4)23-26-28-29(5)27-23/h7-12,15,21-22H,2,6,13-14H2,1,3-5H3. The molecule has 9 nitrogen and oxygen atoms in total. The van der Waals surface area contributed by atoms with E-state index in [9.17, 15) is 9.59 Å². The molecule has 4 rings (SSSR count). The quantitative estimate of drug-likeness (QED) is 0.434. The number of allylic oxidation sites excluding steroid dienone is 5. The Balaban J connectivity index is 1.51. The number of carbonyl (C=O) groups excluding carboxylic acids is 2. The minimum Gasteiger partial charge on any atom is -0.461 e. The molecule has 1 saturated heterocycles. The zero-order valence-electron chi connectivity index (χ0n) is 19.9. The van der Waals surface area contributed by atoms with Crippen LogP contribution in [0, 0.1) is 5.92 Å². The van der Waals surface area contributed by atoms with E-state index in [4.69, 9.17) is 9.47 Å². The highest BCUT2D eigenvalue weighted by molar-refractivity contribution is 5.94. The molecule has 3 heterocycles. The molecule has 2 aliphatic rings. The van der Waals surface area contributed by atoms with Crippen LogP contribution in [0.25, 0.3) is 11.1 Å². The topological polar surface area (TPSA) is 99.4 Å². The van der Waals surface area contributed by atoms with Crippen LogP contribution >= 0.6 is 0 Å². The van der Waals surface area contributed by atoms with Crippen molar-refractivity contribution < 1.29 is 19.1 Å². The van der Waals surface area contributed by atoms with E-state index in [1.54, 1.807) is 18.0 Å². The number of hydrogen-bond donors (Lipinski definition) is 0. The summed E-state index contributed by atoms with van der Waals surface area (Å²) >= 11 is 0. The molecule has 0 bridgehead atoms. The molecule has 1 aromatic carbocycles. The number of esters is 1. The molecule has 0 radical (unpaired) electrons. The van der Waals surface area contributed by atoms with Gasteiger partial charge in [0.2, 0.25) is 5.82 Å². The Hall–Kier alpha value is -3.75. The predicted molar refractivity (Wildman–Crippen MR) is 128 cm³/mol. The van der Waals surface area contributed by atoms with Gasteiger partial charge in [-0.1, -0.05) is 44.7 Å². The third-order valence-corrected chi connectivity index (χ3v) is 6.31. The highest BCUT2D eigenvalue weighted by Crippen LogP contribution is 2.40. The van der Waals surface area contributed by atoms with Crippen LogP contribution in [0.5, 0.6) is 0 Å².